The van der Waals surface area contributed by atoms with Gasteiger partial charge in [-0.3, -0.25) is 19.7 Å². The lowest BCUT2D eigenvalue weighted by Crippen LogP contribution is -2.35. The van der Waals surface area contributed by atoms with Gasteiger partial charge in [0.05, 0.1) is 5.41 Å². The van der Waals surface area contributed by atoms with Crippen LogP contribution in [0.15, 0.2) is 42.6 Å². The van der Waals surface area contributed by atoms with E-state index in [-0.39, 0.29) is 5.91 Å². The van der Waals surface area contributed by atoms with E-state index in [1.54, 1.807) is 28.7 Å². The normalized spacial score (nSPS) is 22.0. The van der Waals surface area contributed by atoms with E-state index in [1.165, 1.54) is 0 Å². The lowest BCUT2D eigenvalue weighted by Gasteiger charge is -2.22. The highest BCUT2D eigenvalue weighted by Gasteiger charge is 2.50. The van der Waals surface area contributed by atoms with Crippen molar-refractivity contribution in [3.63, 3.8) is 0 Å². The number of nitrogens with zero attached hydrogens (tertiary/aromatic N) is 2. The van der Waals surface area contributed by atoms with Crippen LogP contribution in [0.25, 0.3) is 0 Å². The first-order valence-electron chi connectivity index (χ1n) is 7.92. The Morgan fingerprint density at radius 1 is 1.21 bits per heavy atom. The number of aromatic nitrogens is 1. The number of carbonyl (C=O) groups is 2. The minimum atomic E-state index is -0.536. The number of nitrogens with one attached hydrogen (secondary N) is 1. The predicted octanol–water partition coefficient (Wildman–Crippen LogP) is 1.72. The van der Waals surface area contributed by atoms with Crippen molar-refractivity contribution in [3.05, 3.63) is 59.3 Å². The average Bonchev–Trinajstić information content (AvgIpc) is 3.15. The number of benzene rings is 1. The molecule has 1 aliphatic heterocycles. The fourth-order valence-corrected chi connectivity index (χ4v) is 3.84. The molecular weight excluding hydrogens is 306 g/mol. The number of hydrogen-bond donors (Lipinski definition) is 2. The Labute approximate surface area is 139 Å². The number of fused-ring (bicyclic) bond motifs is 1. The first-order chi connectivity index (χ1) is 11.6. The van der Waals surface area contributed by atoms with Crippen LogP contribution in [0.3, 0.4) is 0 Å². The summed E-state index contributed by atoms with van der Waals surface area (Å²) >= 11 is 0. The molecule has 122 valence electrons. The molecule has 1 saturated heterocycles. The van der Waals surface area contributed by atoms with E-state index in [0.717, 1.165) is 17.5 Å². The van der Waals surface area contributed by atoms with Gasteiger partial charge in [-0.25, -0.2) is 10.5 Å². The highest BCUT2D eigenvalue weighted by Crippen LogP contribution is 2.45. The zero-order chi connectivity index (χ0) is 16.7. The average molecular weight is 323 g/mol. The van der Waals surface area contributed by atoms with Crippen LogP contribution in [-0.4, -0.2) is 28.6 Å². The number of hydroxylamine groups is 1. The molecule has 1 aliphatic carbocycles. The molecule has 6 nitrogen and oxygen atoms in total. The summed E-state index contributed by atoms with van der Waals surface area (Å²) in [5.41, 5.74) is 3.72. The highest BCUT2D eigenvalue weighted by molar-refractivity contribution is 6.00. The van der Waals surface area contributed by atoms with E-state index in [0.29, 0.717) is 30.8 Å². The Bertz CT molecular complexity index is 822. The maximum atomic E-state index is 13.0. The molecule has 1 fully saturated rings. The van der Waals surface area contributed by atoms with Crippen molar-refractivity contribution in [3.8, 4) is 0 Å². The monoisotopic (exact) mass is 323 g/mol. The van der Waals surface area contributed by atoms with Gasteiger partial charge in [-0.15, -0.1) is 0 Å². The highest BCUT2D eigenvalue weighted by atomic mass is 16.5. The van der Waals surface area contributed by atoms with Crippen molar-refractivity contribution in [1.82, 2.24) is 10.5 Å². The number of anilines is 1. The van der Waals surface area contributed by atoms with Crippen molar-refractivity contribution in [2.45, 2.75) is 19.3 Å². The fraction of sp³-hybridized carbons (Fsp3) is 0.278. The van der Waals surface area contributed by atoms with Gasteiger partial charge in [0.25, 0.3) is 5.91 Å². The Morgan fingerprint density at radius 2 is 2.04 bits per heavy atom. The van der Waals surface area contributed by atoms with Gasteiger partial charge in [0.15, 0.2) is 0 Å². The van der Waals surface area contributed by atoms with Crippen molar-refractivity contribution in [2.24, 2.45) is 5.41 Å². The first kappa shape index (κ1) is 14.8. The summed E-state index contributed by atoms with van der Waals surface area (Å²) in [6.45, 7) is 0.661. The molecule has 1 atom stereocenters. The summed E-state index contributed by atoms with van der Waals surface area (Å²) < 4.78 is 0. The third kappa shape index (κ3) is 2.18. The molecule has 24 heavy (non-hydrogen) atoms. The summed E-state index contributed by atoms with van der Waals surface area (Å²) in [6, 6.07) is 10.9. The van der Waals surface area contributed by atoms with Gasteiger partial charge in [-0.1, -0.05) is 12.1 Å². The van der Waals surface area contributed by atoms with E-state index in [4.69, 9.17) is 5.21 Å². The second-order valence-corrected chi connectivity index (χ2v) is 6.45. The quantitative estimate of drug-likeness (QED) is 0.651. The van der Waals surface area contributed by atoms with Crippen LogP contribution in [-0.2, 0) is 17.6 Å². The molecular formula is C18H17N3O3. The summed E-state index contributed by atoms with van der Waals surface area (Å²) in [5, 5.41) is 8.78. The Morgan fingerprint density at radius 3 is 2.79 bits per heavy atom. The minimum absolute atomic E-state index is 0.102. The smallest absolute Gasteiger partial charge is 0.274 e. The van der Waals surface area contributed by atoms with Gasteiger partial charge in [0.1, 0.15) is 5.82 Å². The Kier molecular flexibility index (Phi) is 3.35. The van der Waals surface area contributed by atoms with Crippen molar-refractivity contribution >= 4 is 17.6 Å². The van der Waals surface area contributed by atoms with Crippen molar-refractivity contribution < 1.29 is 14.8 Å². The van der Waals surface area contributed by atoms with Gasteiger partial charge in [-0.2, -0.15) is 0 Å². The largest absolute Gasteiger partial charge is 0.296 e. The summed E-state index contributed by atoms with van der Waals surface area (Å²) in [6.07, 6.45) is 3.78. The van der Waals surface area contributed by atoms with E-state index < -0.39 is 11.3 Å². The number of amides is 2. The van der Waals surface area contributed by atoms with Gasteiger partial charge in [0.2, 0.25) is 5.91 Å². The van der Waals surface area contributed by atoms with Crippen molar-refractivity contribution in [2.75, 3.05) is 11.4 Å². The Hall–Kier alpha value is -2.73. The molecule has 1 aromatic carbocycles. The van der Waals surface area contributed by atoms with Crippen LogP contribution in [0.5, 0.6) is 0 Å². The van der Waals surface area contributed by atoms with Crippen LogP contribution in [0.1, 0.15) is 27.9 Å². The van der Waals surface area contributed by atoms with Crippen LogP contribution >= 0.6 is 0 Å². The number of rotatable bonds is 2. The predicted molar refractivity (Wildman–Crippen MR) is 86.7 cm³/mol. The summed E-state index contributed by atoms with van der Waals surface area (Å²) in [5.74, 6) is 0.257. The number of carbonyl (C=O) groups excluding carboxylic acids is 2. The second-order valence-electron chi connectivity index (χ2n) is 6.45. The van der Waals surface area contributed by atoms with Crippen LogP contribution < -0.4 is 10.4 Å². The molecule has 0 bridgehead atoms. The molecule has 2 N–H and O–H groups in total. The third-order valence-electron chi connectivity index (χ3n) is 5.07. The second kappa shape index (κ2) is 5.42. The fourth-order valence-electron chi connectivity index (χ4n) is 3.84. The topological polar surface area (TPSA) is 82.5 Å². The minimum Gasteiger partial charge on any atom is -0.296 e. The van der Waals surface area contributed by atoms with Gasteiger partial charge in [0, 0.05) is 18.3 Å². The maximum Gasteiger partial charge on any atom is 0.274 e. The third-order valence-corrected chi connectivity index (χ3v) is 5.07. The molecule has 0 unspecified atom stereocenters. The van der Waals surface area contributed by atoms with Gasteiger partial charge >= 0.3 is 0 Å². The van der Waals surface area contributed by atoms with Crippen LogP contribution in [0.2, 0.25) is 0 Å². The Balaban J connectivity index is 1.62. The number of pyridine rings is 1. The zero-order valence-electron chi connectivity index (χ0n) is 13.0. The molecule has 6 heteroatoms. The molecule has 0 radical (unpaired) electrons. The van der Waals surface area contributed by atoms with E-state index >= 15 is 0 Å². The molecule has 1 spiro atoms. The molecule has 4 rings (SSSR count). The molecule has 0 saturated carbocycles. The zero-order valence-corrected chi connectivity index (χ0v) is 13.0. The van der Waals surface area contributed by atoms with Crippen LogP contribution in [0, 0.1) is 5.41 Å². The molecule has 2 aromatic rings. The van der Waals surface area contributed by atoms with Gasteiger partial charge in [-0.05, 0) is 54.7 Å². The van der Waals surface area contributed by atoms with Crippen LogP contribution in [0.4, 0.5) is 5.82 Å². The molecule has 1 aromatic heterocycles. The standard InChI is InChI=1S/C18H17N3O3/c22-16(20-24)12-4-5-13-10-18(11-14(13)9-12)6-8-21(17(18)23)15-3-1-2-7-19-15/h1-5,7,9,24H,6,8,10-11H2,(H,20,22)/t18-/m0/s1. The SMILES string of the molecule is O=C(NO)c1ccc2c(c1)C[C@]1(CCN(c3ccccn3)C1=O)C2. The summed E-state index contributed by atoms with van der Waals surface area (Å²) in [7, 11) is 0. The van der Waals surface area contributed by atoms with Gasteiger partial charge < -0.3 is 0 Å². The lowest BCUT2D eigenvalue weighted by atomic mass is 9.83. The van der Waals surface area contributed by atoms with E-state index in [2.05, 4.69) is 4.98 Å². The van der Waals surface area contributed by atoms with E-state index in [1.807, 2.05) is 24.3 Å². The van der Waals surface area contributed by atoms with E-state index in [9.17, 15) is 9.59 Å². The molecule has 2 heterocycles. The maximum absolute atomic E-state index is 13.0. The van der Waals surface area contributed by atoms with Crippen molar-refractivity contribution in [1.29, 1.82) is 0 Å². The first-order valence-corrected chi connectivity index (χ1v) is 7.92. The molecule has 2 aliphatic rings. The number of hydrogen-bond acceptors (Lipinski definition) is 4. The summed E-state index contributed by atoms with van der Waals surface area (Å²) in [4.78, 5) is 30.7. The molecule has 2 amide bonds. The lowest BCUT2D eigenvalue weighted by molar-refractivity contribution is -0.125.